The molecule has 0 spiro atoms. The van der Waals surface area contributed by atoms with Crippen molar-refractivity contribution in [3.05, 3.63) is 0 Å². The van der Waals surface area contributed by atoms with Crippen molar-refractivity contribution in [3.63, 3.8) is 0 Å². The number of hydrogen-bond donors (Lipinski definition) is 1. The number of halogens is 1. The molecule has 1 saturated carbocycles. The summed E-state index contributed by atoms with van der Waals surface area (Å²) in [6.07, 6.45) is 8.85. The highest BCUT2D eigenvalue weighted by Gasteiger charge is 2.45. The number of carbonyl (C=O) groups is 1. The lowest BCUT2D eigenvalue weighted by Gasteiger charge is -2.40. The van der Waals surface area contributed by atoms with Gasteiger partial charge in [0.2, 0.25) is 0 Å². The van der Waals surface area contributed by atoms with E-state index in [1.165, 1.54) is 19.3 Å². The van der Waals surface area contributed by atoms with E-state index in [1.54, 1.807) is 0 Å². The fraction of sp³-hybridized carbons (Fsp3) is 0.952. The molecule has 1 atom stereocenters. The van der Waals surface area contributed by atoms with Crippen molar-refractivity contribution in [2.75, 3.05) is 26.2 Å². The first kappa shape index (κ1) is 25.7. The molecule has 1 aliphatic carbocycles. The molecule has 1 unspecified atom stereocenters. The molecule has 0 amide bonds. The number of aliphatic hydroxyl groups is 1. The van der Waals surface area contributed by atoms with Crippen LogP contribution in [-0.4, -0.2) is 47.8 Å². The van der Waals surface area contributed by atoms with Gasteiger partial charge in [-0.05, 0) is 44.7 Å². The number of esters is 1. The Morgan fingerprint density at radius 1 is 1.08 bits per heavy atom. The molecule has 156 valence electrons. The van der Waals surface area contributed by atoms with Gasteiger partial charge in [0.15, 0.2) is 0 Å². The molecule has 0 aromatic heterocycles. The summed E-state index contributed by atoms with van der Waals surface area (Å²) in [5, 5.41) is 11.4. The molecule has 1 fully saturated rings. The number of rotatable bonds is 12. The van der Waals surface area contributed by atoms with Gasteiger partial charge in [0.25, 0.3) is 0 Å². The fourth-order valence-electron chi connectivity index (χ4n) is 4.52. The molecule has 0 bridgehead atoms. The lowest BCUT2D eigenvalue weighted by Crippen LogP contribution is -2.48. The first-order valence-electron chi connectivity index (χ1n) is 10.6. The topological polar surface area (TPSA) is 49.8 Å². The molecular formula is C21H42ClNO3. The molecule has 0 aromatic carbocycles. The average molecular weight is 392 g/mol. The van der Waals surface area contributed by atoms with E-state index in [9.17, 15) is 9.90 Å². The van der Waals surface area contributed by atoms with Crippen molar-refractivity contribution in [2.24, 2.45) is 11.8 Å². The van der Waals surface area contributed by atoms with Crippen molar-refractivity contribution in [1.82, 2.24) is 4.90 Å². The molecule has 5 heteroatoms. The van der Waals surface area contributed by atoms with Crippen LogP contribution in [0.3, 0.4) is 0 Å². The standard InChI is InChI=1S/C21H41NO3.ClH/c1-5-14-21(24,15-6-2)19(18-12-10-9-11-13-18)20(23)25-17-16-22(7-3)8-4;/h18-19,24H,5-17H2,1-4H3;1H. The first-order valence-corrected chi connectivity index (χ1v) is 10.6. The van der Waals surface area contributed by atoms with Crippen LogP contribution < -0.4 is 0 Å². The molecule has 1 N–H and O–H groups in total. The van der Waals surface area contributed by atoms with Gasteiger partial charge in [0, 0.05) is 6.54 Å². The van der Waals surface area contributed by atoms with Gasteiger partial charge in [0.05, 0.1) is 11.5 Å². The summed E-state index contributed by atoms with van der Waals surface area (Å²) in [4.78, 5) is 15.3. The molecule has 1 aliphatic rings. The van der Waals surface area contributed by atoms with E-state index in [2.05, 4.69) is 32.6 Å². The second kappa shape index (κ2) is 13.8. The zero-order valence-electron chi connectivity index (χ0n) is 17.5. The van der Waals surface area contributed by atoms with E-state index in [0.717, 1.165) is 45.3 Å². The summed E-state index contributed by atoms with van der Waals surface area (Å²) < 4.78 is 5.69. The highest BCUT2D eigenvalue weighted by atomic mass is 35.5. The second-order valence-corrected chi connectivity index (χ2v) is 7.67. The van der Waals surface area contributed by atoms with Gasteiger partial charge in [-0.25, -0.2) is 0 Å². The van der Waals surface area contributed by atoms with Crippen LogP contribution in [0.15, 0.2) is 0 Å². The summed E-state index contributed by atoms with van der Waals surface area (Å²) in [5.41, 5.74) is -0.905. The van der Waals surface area contributed by atoms with E-state index in [-0.39, 0.29) is 30.2 Å². The molecular weight excluding hydrogens is 350 g/mol. The summed E-state index contributed by atoms with van der Waals surface area (Å²) in [5.74, 6) is -0.245. The normalized spacial score (nSPS) is 17.0. The average Bonchev–Trinajstić information content (AvgIpc) is 2.60. The Balaban J connectivity index is 0.00000625. The molecule has 0 aliphatic heterocycles. The van der Waals surface area contributed by atoms with Crippen LogP contribution in [0.25, 0.3) is 0 Å². The van der Waals surface area contributed by atoms with Gasteiger partial charge in [-0.3, -0.25) is 4.79 Å². The molecule has 0 aromatic rings. The van der Waals surface area contributed by atoms with Crippen LogP contribution in [-0.2, 0) is 9.53 Å². The Labute approximate surface area is 167 Å². The van der Waals surface area contributed by atoms with Crippen LogP contribution in [0.2, 0.25) is 0 Å². The Morgan fingerprint density at radius 2 is 1.62 bits per heavy atom. The molecule has 26 heavy (non-hydrogen) atoms. The molecule has 0 radical (unpaired) electrons. The number of likely N-dealkylation sites (N-methyl/N-ethyl adjacent to an activating group) is 1. The summed E-state index contributed by atoms with van der Waals surface area (Å²) >= 11 is 0. The molecule has 0 saturated heterocycles. The Hall–Kier alpha value is -0.320. The predicted octanol–water partition coefficient (Wildman–Crippen LogP) is 4.82. The van der Waals surface area contributed by atoms with Crippen LogP contribution >= 0.6 is 12.4 Å². The van der Waals surface area contributed by atoms with Gasteiger partial charge >= 0.3 is 5.97 Å². The maximum Gasteiger partial charge on any atom is 0.312 e. The van der Waals surface area contributed by atoms with E-state index >= 15 is 0 Å². The minimum atomic E-state index is -0.905. The summed E-state index contributed by atoms with van der Waals surface area (Å²) in [6.45, 7) is 11.6. The molecule has 1 rings (SSSR count). The maximum atomic E-state index is 13.0. The van der Waals surface area contributed by atoms with Crippen LogP contribution in [0.4, 0.5) is 0 Å². The zero-order chi connectivity index (χ0) is 18.7. The van der Waals surface area contributed by atoms with Gasteiger partial charge in [-0.15, -0.1) is 12.4 Å². The van der Waals surface area contributed by atoms with E-state index in [0.29, 0.717) is 19.4 Å². The highest BCUT2D eigenvalue weighted by molar-refractivity contribution is 5.85. The second-order valence-electron chi connectivity index (χ2n) is 7.67. The quantitative estimate of drug-likeness (QED) is 0.484. The monoisotopic (exact) mass is 391 g/mol. The van der Waals surface area contributed by atoms with Gasteiger partial charge in [0.1, 0.15) is 6.61 Å². The smallest absolute Gasteiger partial charge is 0.312 e. The van der Waals surface area contributed by atoms with Crippen molar-refractivity contribution >= 4 is 18.4 Å². The SMILES string of the molecule is CCCC(O)(CCC)C(C(=O)OCCN(CC)CC)C1CCCCC1.Cl. The molecule has 0 heterocycles. The molecule has 4 nitrogen and oxygen atoms in total. The van der Waals surface area contributed by atoms with E-state index < -0.39 is 5.60 Å². The number of ether oxygens (including phenoxy) is 1. The minimum absolute atomic E-state index is 0. The summed E-state index contributed by atoms with van der Waals surface area (Å²) in [6, 6.07) is 0. The lowest BCUT2D eigenvalue weighted by molar-refractivity contribution is -0.166. The summed E-state index contributed by atoms with van der Waals surface area (Å²) in [7, 11) is 0. The third-order valence-corrected chi connectivity index (χ3v) is 5.87. The maximum absolute atomic E-state index is 13.0. The third kappa shape index (κ3) is 7.74. The Bertz CT molecular complexity index is 362. The lowest BCUT2D eigenvalue weighted by atomic mass is 9.69. The van der Waals surface area contributed by atoms with E-state index in [1.807, 2.05) is 0 Å². The predicted molar refractivity (Wildman–Crippen MR) is 111 cm³/mol. The first-order chi connectivity index (χ1) is 12.0. The van der Waals surface area contributed by atoms with Crippen molar-refractivity contribution in [1.29, 1.82) is 0 Å². The van der Waals surface area contributed by atoms with Crippen molar-refractivity contribution in [2.45, 2.75) is 91.1 Å². The largest absolute Gasteiger partial charge is 0.464 e. The zero-order valence-corrected chi connectivity index (χ0v) is 18.3. The van der Waals surface area contributed by atoms with Gasteiger partial charge in [-0.2, -0.15) is 0 Å². The number of nitrogens with zero attached hydrogens (tertiary/aromatic N) is 1. The third-order valence-electron chi connectivity index (χ3n) is 5.87. The van der Waals surface area contributed by atoms with Crippen molar-refractivity contribution < 1.29 is 14.6 Å². The van der Waals surface area contributed by atoms with Gasteiger partial charge in [-0.1, -0.05) is 59.8 Å². The number of hydrogen-bond acceptors (Lipinski definition) is 4. The minimum Gasteiger partial charge on any atom is -0.464 e. The van der Waals surface area contributed by atoms with Crippen LogP contribution in [0.1, 0.15) is 85.5 Å². The van der Waals surface area contributed by atoms with E-state index in [4.69, 9.17) is 4.74 Å². The Kier molecular flexibility index (Phi) is 13.6. The fourth-order valence-corrected chi connectivity index (χ4v) is 4.52. The van der Waals surface area contributed by atoms with Crippen LogP contribution in [0.5, 0.6) is 0 Å². The Morgan fingerprint density at radius 3 is 2.08 bits per heavy atom. The van der Waals surface area contributed by atoms with Gasteiger partial charge < -0.3 is 14.7 Å². The van der Waals surface area contributed by atoms with Crippen molar-refractivity contribution in [3.8, 4) is 0 Å². The van der Waals surface area contributed by atoms with Crippen LogP contribution in [0, 0.1) is 11.8 Å². The highest BCUT2D eigenvalue weighted by Crippen LogP contribution is 2.41. The number of carbonyl (C=O) groups excluding carboxylic acids is 1.